The van der Waals surface area contributed by atoms with Gasteiger partial charge in [-0.2, -0.15) is 0 Å². The second kappa shape index (κ2) is 6.93. The van der Waals surface area contributed by atoms with Crippen LogP contribution in [0.4, 0.5) is 8.78 Å². The Hall–Kier alpha value is -2.88. The van der Waals surface area contributed by atoms with Crippen LogP contribution in [0.25, 0.3) is 6.08 Å². The molecule has 0 bridgehead atoms. The standard InChI is InChI=1S/C21H20F2N2/c22-17-10-16(11-18(23)12-17)14-21(9-7-19(24)13-20(21)25)8-6-15-4-2-1-3-5-15/h1-8,10-13H,9,14,24-25H2. The fraction of sp³-hybridized carbons (Fsp3) is 0.143. The molecule has 1 unspecified atom stereocenters. The van der Waals surface area contributed by atoms with Crippen LogP contribution in [-0.4, -0.2) is 0 Å². The van der Waals surface area contributed by atoms with E-state index in [9.17, 15) is 8.78 Å². The van der Waals surface area contributed by atoms with Crippen molar-refractivity contribution in [2.24, 2.45) is 16.9 Å². The van der Waals surface area contributed by atoms with Crippen LogP contribution in [0.3, 0.4) is 0 Å². The van der Waals surface area contributed by atoms with Crippen molar-refractivity contribution >= 4 is 6.08 Å². The molecule has 0 spiro atoms. The third-order valence-corrected chi connectivity index (χ3v) is 4.44. The van der Waals surface area contributed by atoms with E-state index in [4.69, 9.17) is 11.5 Å². The molecule has 2 aromatic rings. The third-order valence-electron chi connectivity index (χ3n) is 4.44. The molecule has 0 radical (unpaired) electrons. The molecular weight excluding hydrogens is 318 g/mol. The van der Waals surface area contributed by atoms with Crippen LogP contribution in [0, 0.1) is 17.0 Å². The van der Waals surface area contributed by atoms with Crippen molar-refractivity contribution in [2.45, 2.75) is 12.8 Å². The SMILES string of the molecule is NC1=CCC(C=Cc2ccccc2)(Cc2cc(F)cc(F)c2)C(N)=C1. The van der Waals surface area contributed by atoms with Crippen LogP contribution in [-0.2, 0) is 6.42 Å². The summed E-state index contributed by atoms with van der Waals surface area (Å²) in [5.41, 5.74) is 14.4. The number of nitrogens with two attached hydrogens (primary N) is 2. The summed E-state index contributed by atoms with van der Waals surface area (Å²) in [4.78, 5) is 0. The Labute approximate surface area is 146 Å². The van der Waals surface area contributed by atoms with Gasteiger partial charge in [-0.15, -0.1) is 0 Å². The monoisotopic (exact) mass is 338 g/mol. The van der Waals surface area contributed by atoms with Gasteiger partial charge >= 0.3 is 0 Å². The molecule has 128 valence electrons. The lowest BCUT2D eigenvalue weighted by atomic mass is 9.73. The predicted octanol–water partition coefficient (Wildman–Crippen LogP) is 4.30. The summed E-state index contributed by atoms with van der Waals surface area (Å²) in [6.45, 7) is 0. The molecule has 2 aromatic carbocycles. The Morgan fingerprint density at radius 1 is 1.00 bits per heavy atom. The summed E-state index contributed by atoms with van der Waals surface area (Å²) in [5, 5.41) is 0. The minimum absolute atomic E-state index is 0.386. The average Bonchev–Trinajstić information content (AvgIpc) is 2.56. The zero-order valence-electron chi connectivity index (χ0n) is 13.8. The molecular formula is C21H20F2N2. The van der Waals surface area contributed by atoms with Gasteiger partial charge in [-0.3, -0.25) is 0 Å². The van der Waals surface area contributed by atoms with Crippen LogP contribution in [0.2, 0.25) is 0 Å². The zero-order valence-corrected chi connectivity index (χ0v) is 13.8. The Morgan fingerprint density at radius 3 is 2.32 bits per heavy atom. The van der Waals surface area contributed by atoms with E-state index in [0.717, 1.165) is 11.6 Å². The molecule has 0 fully saturated rings. The van der Waals surface area contributed by atoms with Gasteiger partial charge in [-0.25, -0.2) is 8.78 Å². The van der Waals surface area contributed by atoms with Gasteiger partial charge in [0.05, 0.1) is 0 Å². The van der Waals surface area contributed by atoms with Gasteiger partial charge in [0.1, 0.15) is 11.6 Å². The normalized spacial score (nSPS) is 20.4. The lowest BCUT2D eigenvalue weighted by Crippen LogP contribution is -2.31. The molecule has 1 aliphatic rings. The highest BCUT2D eigenvalue weighted by atomic mass is 19.1. The van der Waals surface area contributed by atoms with E-state index in [1.165, 1.54) is 12.1 Å². The van der Waals surface area contributed by atoms with Gasteiger partial charge in [0, 0.05) is 22.9 Å². The Balaban J connectivity index is 1.98. The summed E-state index contributed by atoms with van der Waals surface area (Å²) >= 11 is 0. The van der Waals surface area contributed by atoms with E-state index >= 15 is 0 Å². The zero-order chi connectivity index (χ0) is 17.9. The third kappa shape index (κ3) is 3.97. The summed E-state index contributed by atoms with van der Waals surface area (Å²) < 4.78 is 27.2. The van der Waals surface area contributed by atoms with E-state index in [1.54, 1.807) is 6.08 Å². The second-order valence-corrected chi connectivity index (χ2v) is 6.36. The van der Waals surface area contributed by atoms with E-state index in [0.29, 0.717) is 29.8 Å². The minimum atomic E-state index is -0.592. The molecule has 0 heterocycles. The fourth-order valence-electron chi connectivity index (χ4n) is 3.09. The molecule has 1 atom stereocenters. The van der Waals surface area contributed by atoms with Gasteiger partial charge in [0.2, 0.25) is 0 Å². The van der Waals surface area contributed by atoms with Gasteiger partial charge < -0.3 is 11.5 Å². The van der Waals surface area contributed by atoms with Gasteiger partial charge in [-0.1, -0.05) is 48.6 Å². The summed E-state index contributed by atoms with van der Waals surface area (Å²) in [7, 11) is 0. The molecule has 0 saturated carbocycles. The molecule has 4 N–H and O–H groups in total. The highest BCUT2D eigenvalue weighted by Crippen LogP contribution is 2.39. The molecule has 0 aromatic heterocycles. The molecule has 0 amide bonds. The maximum Gasteiger partial charge on any atom is 0.126 e. The van der Waals surface area contributed by atoms with Crippen LogP contribution in [0.15, 0.2) is 78.2 Å². The van der Waals surface area contributed by atoms with Crippen molar-refractivity contribution in [3.63, 3.8) is 0 Å². The van der Waals surface area contributed by atoms with Gasteiger partial charge in [-0.05, 0) is 42.2 Å². The number of benzene rings is 2. The Bertz CT molecular complexity index is 833. The van der Waals surface area contributed by atoms with Crippen LogP contribution in [0.1, 0.15) is 17.5 Å². The molecule has 2 nitrogen and oxygen atoms in total. The molecule has 0 saturated heterocycles. The van der Waals surface area contributed by atoms with Crippen LogP contribution in [0.5, 0.6) is 0 Å². The van der Waals surface area contributed by atoms with E-state index in [-0.39, 0.29) is 0 Å². The van der Waals surface area contributed by atoms with Crippen molar-refractivity contribution in [1.82, 2.24) is 0 Å². The largest absolute Gasteiger partial charge is 0.401 e. The number of hydrogen-bond acceptors (Lipinski definition) is 2. The summed E-state index contributed by atoms with van der Waals surface area (Å²) in [6, 6.07) is 13.4. The van der Waals surface area contributed by atoms with Crippen molar-refractivity contribution in [2.75, 3.05) is 0 Å². The first-order valence-corrected chi connectivity index (χ1v) is 8.09. The summed E-state index contributed by atoms with van der Waals surface area (Å²) in [5.74, 6) is -1.18. The average molecular weight is 338 g/mol. The quantitative estimate of drug-likeness (QED) is 0.873. The van der Waals surface area contributed by atoms with Crippen LogP contribution >= 0.6 is 0 Å². The second-order valence-electron chi connectivity index (χ2n) is 6.36. The van der Waals surface area contributed by atoms with Crippen LogP contribution < -0.4 is 11.5 Å². The van der Waals surface area contributed by atoms with Crippen molar-refractivity contribution in [3.05, 3.63) is 101 Å². The minimum Gasteiger partial charge on any atom is -0.401 e. The lowest BCUT2D eigenvalue weighted by molar-refractivity contribution is 0.448. The molecule has 1 aliphatic carbocycles. The van der Waals surface area contributed by atoms with Crippen molar-refractivity contribution in [3.8, 4) is 0 Å². The first-order chi connectivity index (χ1) is 12.0. The van der Waals surface area contributed by atoms with Crippen molar-refractivity contribution < 1.29 is 8.78 Å². The highest BCUT2D eigenvalue weighted by Gasteiger charge is 2.32. The Kier molecular flexibility index (Phi) is 4.70. The molecule has 25 heavy (non-hydrogen) atoms. The van der Waals surface area contributed by atoms with E-state index in [2.05, 4.69) is 0 Å². The van der Waals surface area contributed by atoms with Crippen molar-refractivity contribution in [1.29, 1.82) is 0 Å². The lowest BCUT2D eigenvalue weighted by Gasteiger charge is -2.33. The van der Waals surface area contributed by atoms with E-state index < -0.39 is 17.0 Å². The summed E-state index contributed by atoms with van der Waals surface area (Å²) in [6.07, 6.45) is 8.54. The first-order valence-electron chi connectivity index (χ1n) is 8.09. The topological polar surface area (TPSA) is 52.0 Å². The molecule has 0 aliphatic heterocycles. The van der Waals surface area contributed by atoms with Gasteiger partial charge in [0.15, 0.2) is 0 Å². The molecule has 3 rings (SSSR count). The predicted molar refractivity (Wildman–Crippen MR) is 97.1 cm³/mol. The molecule has 4 heteroatoms. The Morgan fingerprint density at radius 2 is 1.68 bits per heavy atom. The highest BCUT2D eigenvalue weighted by molar-refractivity contribution is 5.52. The number of halogens is 2. The number of allylic oxidation sites excluding steroid dienone is 3. The van der Waals surface area contributed by atoms with Gasteiger partial charge in [0.25, 0.3) is 0 Å². The first kappa shape index (κ1) is 17.0. The number of hydrogen-bond donors (Lipinski definition) is 2. The number of rotatable bonds is 4. The van der Waals surface area contributed by atoms with E-state index in [1.807, 2.05) is 48.6 Å². The smallest absolute Gasteiger partial charge is 0.126 e. The fourth-order valence-corrected chi connectivity index (χ4v) is 3.09. The maximum absolute atomic E-state index is 13.6. The maximum atomic E-state index is 13.6.